The first-order valence-electron chi connectivity index (χ1n) is 7.57. The summed E-state index contributed by atoms with van der Waals surface area (Å²) in [6.45, 7) is 8.93. The van der Waals surface area contributed by atoms with Crippen LogP contribution in [-0.2, 0) is 33.6 Å². The summed E-state index contributed by atoms with van der Waals surface area (Å²) < 4.78 is 113. The number of halogens is 6. The minimum atomic E-state index is -6.72. The lowest BCUT2D eigenvalue weighted by Gasteiger charge is -2.22. The monoisotopic (exact) mass is 462 g/mol. The number of sulfonamides is 2. The van der Waals surface area contributed by atoms with Crippen molar-refractivity contribution in [1.29, 1.82) is 0 Å². The second-order valence-electron chi connectivity index (χ2n) is 5.26. The number of hydrogen-bond acceptors (Lipinski definition) is 5. The molecule has 0 N–H and O–H groups in total. The summed E-state index contributed by atoms with van der Waals surface area (Å²) in [7, 11) is -11.4. The Morgan fingerprint density at radius 1 is 0.964 bits per heavy atom. The summed E-state index contributed by atoms with van der Waals surface area (Å²) in [5.74, 6) is 0. The van der Waals surface area contributed by atoms with E-state index in [-0.39, 0.29) is 0 Å². The average molecular weight is 462 g/mol. The molecule has 0 saturated carbocycles. The van der Waals surface area contributed by atoms with Gasteiger partial charge >= 0.3 is 11.0 Å². The van der Waals surface area contributed by atoms with E-state index in [4.69, 9.17) is 0 Å². The third kappa shape index (κ3) is 8.32. The van der Waals surface area contributed by atoms with E-state index in [0.29, 0.717) is 0 Å². The fourth-order valence-corrected chi connectivity index (χ4v) is 3.35. The van der Waals surface area contributed by atoms with Crippen LogP contribution in [0.3, 0.4) is 0 Å². The van der Waals surface area contributed by atoms with E-state index in [1.807, 2.05) is 7.05 Å². The first-order chi connectivity index (χ1) is 12.5. The first kappa shape index (κ1) is 26.6. The fourth-order valence-electron chi connectivity index (χ4n) is 1.64. The molecule has 166 valence electrons. The summed E-state index contributed by atoms with van der Waals surface area (Å²) in [5.41, 5.74) is -12.4. The molecule has 0 bridgehead atoms. The van der Waals surface area contributed by atoms with Crippen molar-refractivity contribution in [2.24, 2.45) is 7.05 Å². The van der Waals surface area contributed by atoms with Gasteiger partial charge in [0, 0.05) is 6.54 Å². The van der Waals surface area contributed by atoms with E-state index in [9.17, 15) is 43.2 Å². The average Bonchev–Trinajstić information content (AvgIpc) is 2.91. The van der Waals surface area contributed by atoms with Crippen LogP contribution in [0.1, 0.15) is 13.8 Å². The molecule has 1 rings (SSSR count). The quantitative estimate of drug-likeness (QED) is 0.454. The van der Waals surface area contributed by atoms with Gasteiger partial charge in [0.25, 0.3) is 0 Å². The summed E-state index contributed by atoms with van der Waals surface area (Å²) in [6, 6.07) is 0. The molecular weight excluding hydrogens is 442 g/mol. The van der Waals surface area contributed by atoms with E-state index in [1.165, 1.54) is 0 Å². The molecule has 1 aromatic rings. The SMILES string of the molecule is CCN(CC)CCn1cc[n+](C)c1.O=S(=O)([N-]S(=O)(=O)C(F)(F)F)C(F)(F)F. The Kier molecular flexibility index (Phi) is 9.40. The Bertz CT molecular complexity index is 772. The van der Waals surface area contributed by atoms with Crippen molar-refractivity contribution in [3.63, 3.8) is 0 Å². The normalized spacial score (nSPS) is 13.4. The van der Waals surface area contributed by atoms with Crippen LogP contribution in [0, 0.1) is 0 Å². The number of aryl methyl sites for hydroxylation is 1. The number of likely N-dealkylation sites (N-methyl/N-ethyl adjacent to an activating group) is 1. The van der Waals surface area contributed by atoms with E-state index in [1.54, 1.807) is 0 Å². The van der Waals surface area contributed by atoms with E-state index in [0.717, 1.165) is 30.3 Å². The molecule has 28 heavy (non-hydrogen) atoms. The van der Waals surface area contributed by atoms with Gasteiger partial charge in [0.05, 0.1) is 7.05 Å². The van der Waals surface area contributed by atoms with Gasteiger partial charge in [-0.3, -0.25) is 4.90 Å². The van der Waals surface area contributed by atoms with Crippen LogP contribution < -0.4 is 4.57 Å². The zero-order valence-corrected chi connectivity index (χ0v) is 16.7. The number of imidazole rings is 1. The van der Waals surface area contributed by atoms with Gasteiger partial charge in [-0.25, -0.2) is 26.0 Å². The van der Waals surface area contributed by atoms with Gasteiger partial charge in [0.1, 0.15) is 18.9 Å². The topological polar surface area (TPSA) is 94.4 Å². The Balaban J connectivity index is 0.000000525. The molecule has 0 aliphatic rings. The van der Waals surface area contributed by atoms with Gasteiger partial charge in [-0.15, -0.1) is 0 Å². The number of hydrogen-bond donors (Lipinski definition) is 0. The second kappa shape index (κ2) is 9.89. The lowest BCUT2D eigenvalue weighted by molar-refractivity contribution is -0.671. The maximum atomic E-state index is 11.4. The standard InChI is InChI=1S/C10H20N3.C2F6NO4S2/c1-4-12(5-2)8-9-13-7-6-11(3)10-13;3-1(4,5)14(10,11)9-15(12,13)2(6,7)8/h6-7,10H,4-5,8-9H2,1-3H3;/q+1;-1. The van der Waals surface area contributed by atoms with Crippen LogP contribution in [0.2, 0.25) is 0 Å². The highest BCUT2D eigenvalue weighted by Gasteiger charge is 2.46. The van der Waals surface area contributed by atoms with Crippen molar-refractivity contribution in [3.05, 3.63) is 22.8 Å². The fraction of sp³-hybridized carbons (Fsp3) is 0.750. The molecule has 0 saturated heterocycles. The highest BCUT2D eigenvalue weighted by Crippen LogP contribution is 2.36. The number of nitrogens with zero attached hydrogens (tertiary/aromatic N) is 4. The maximum absolute atomic E-state index is 11.4. The van der Waals surface area contributed by atoms with Crippen molar-refractivity contribution < 1.29 is 47.7 Å². The summed E-state index contributed by atoms with van der Waals surface area (Å²) in [4.78, 5) is 2.43. The lowest BCUT2D eigenvalue weighted by Crippen LogP contribution is -2.30. The zero-order valence-electron chi connectivity index (χ0n) is 15.1. The molecule has 0 atom stereocenters. The van der Waals surface area contributed by atoms with Gasteiger partial charge < -0.3 is 4.13 Å². The van der Waals surface area contributed by atoms with E-state index >= 15 is 0 Å². The molecule has 1 aromatic heterocycles. The molecule has 0 fully saturated rings. The maximum Gasteiger partial charge on any atom is 0.480 e. The molecule has 0 spiro atoms. The third-order valence-electron chi connectivity index (χ3n) is 3.17. The van der Waals surface area contributed by atoms with Crippen molar-refractivity contribution in [1.82, 2.24) is 9.47 Å². The largest absolute Gasteiger partial charge is 0.480 e. The van der Waals surface area contributed by atoms with Gasteiger partial charge in [0.2, 0.25) is 6.33 Å². The molecule has 0 unspecified atom stereocenters. The number of alkyl halides is 6. The van der Waals surface area contributed by atoms with Crippen LogP contribution in [0.15, 0.2) is 18.7 Å². The molecule has 8 nitrogen and oxygen atoms in total. The molecule has 0 aliphatic heterocycles. The molecule has 0 radical (unpaired) electrons. The molecular formula is C12H20F6N4O4S2. The predicted octanol–water partition coefficient (Wildman–Crippen LogP) is 1.71. The zero-order chi connectivity index (χ0) is 22.4. The van der Waals surface area contributed by atoms with Crippen LogP contribution in [0.5, 0.6) is 0 Å². The first-order valence-corrected chi connectivity index (χ1v) is 10.4. The van der Waals surface area contributed by atoms with Crippen LogP contribution in [-0.4, -0.2) is 57.0 Å². The summed E-state index contributed by atoms with van der Waals surface area (Å²) in [6.07, 6.45) is 6.30. The van der Waals surface area contributed by atoms with E-state index in [2.05, 4.69) is 46.6 Å². The van der Waals surface area contributed by atoms with Crippen molar-refractivity contribution >= 4 is 20.0 Å². The lowest BCUT2D eigenvalue weighted by atomic mass is 10.4. The van der Waals surface area contributed by atoms with Gasteiger partial charge in [0.15, 0.2) is 20.0 Å². The Labute approximate surface area is 158 Å². The van der Waals surface area contributed by atoms with Crippen molar-refractivity contribution in [2.45, 2.75) is 31.4 Å². The summed E-state index contributed by atoms with van der Waals surface area (Å²) in [5, 5.41) is 0. The highest BCUT2D eigenvalue weighted by atomic mass is 32.3. The second-order valence-corrected chi connectivity index (χ2v) is 8.68. The van der Waals surface area contributed by atoms with Gasteiger partial charge in [-0.05, 0) is 13.1 Å². The van der Waals surface area contributed by atoms with Crippen molar-refractivity contribution in [3.8, 4) is 0 Å². The highest BCUT2D eigenvalue weighted by molar-refractivity contribution is 8.13. The summed E-state index contributed by atoms with van der Waals surface area (Å²) >= 11 is 0. The molecule has 0 amide bonds. The smallest absolute Gasteiger partial charge is 0.421 e. The Morgan fingerprint density at radius 2 is 1.39 bits per heavy atom. The number of aromatic nitrogens is 2. The molecule has 0 aliphatic carbocycles. The van der Waals surface area contributed by atoms with E-state index < -0.39 is 31.1 Å². The van der Waals surface area contributed by atoms with Crippen molar-refractivity contribution in [2.75, 3.05) is 19.6 Å². The molecule has 1 heterocycles. The van der Waals surface area contributed by atoms with Gasteiger partial charge in [-0.1, -0.05) is 13.8 Å². The predicted molar refractivity (Wildman–Crippen MR) is 86.7 cm³/mol. The third-order valence-corrected chi connectivity index (χ3v) is 5.91. The minimum absolute atomic E-state index is 0.778. The van der Waals surface area contributed by atoms with Crippen LogP contribution in [0.4, 0.5) is 26.3 Å². The Morgan fingerprint density at radius 3 is 1.68 bits per heavy atom. The minimum Gasteiger partial charge on any atom is -0.421 e. The Hall–Kier alpha value is -1.39. The number of rotatable bonds is 7. The van der Waals surface area contributed by atoms with Gasteiger partial charge in [-0.2, -0.15) is 26.3 Å². The van der Waals surface area contributed by atoms with Crippen LogP contribution >= 0.6 is 0 Å². The molecule has 0 aromatic carbocycles. The molecule has 16 heteroatoms. The van der Waals surface area contributed by atoms with Crippen LogP contribution in [0.25, 0.3) is 4.13 Å².